The molecule has 0 aliphatic carbocycles. The van der Waals surface area contributed by atoms with Crippen molar-refractivity contribution >= 4 is 40.8 Å². The van der Waals surface area contributed by atoms with E-state index in [1.54, 1.807) is 18.2 Å². The third-order valence-corrected chi connectivity index (χ3v) is 4.40. The number of benzene rings is 2. The third kappa shape index (κ3) is 5.93. The van der Waals surface area contributed by atoms with Gasteiger partial charge in [-0.2, -0.15) is 0 Å². The molecule has 2 aromatic rings. The normalized spacial score (nSPS) is 10.3. The van der Waals surface area contributed by atoms with Crippen LogP contribution in [0, 0.1) is 0 Å². The molecule has 1 N–H and O–H groups in total. The van der Waals surface area contributed by atoms with Crippen molar-refractivity contribution in [3.05, 3.63) is 63.6 Å². The molecule has 7 heteroatoms. The molecule has 0 bridgehead atoms. The monoisotopic (exact) mass is 394 g/mol. The second-order valence-corrected chi connectivity index (χ2v) is 6.69. The molecule has 0 aromatic heterocycles. The van der Waals surface area contributed by atoms with Gasteiger partial charge in [0.2, 0.25) is 0 Å². The second kappa shape index (κ2) is 9.46. The molecule has 0 heterocycles. The number of hydrogen-bond acceptors (Lipinski definition) is 4. The van der Waals surface area contributed by atoms with Gasteiger partial charge in [-0.1, -0.05) is 41.4 Å². The molecule has 26 heavy (non-hydrogen) atoms. The molecule has 0 atom stereocenters. The fourth-order valence-corrected chi connectivity index (χ4v) is 2.74. The summed E-state index contributed by atoms with van der Waals surface area (Å²) in [6.07, 6.45) is -0.0855. The van der Waals surface area contributed by atoms with Crippen LogP contribution in [0.2, 0.25) is 10.0 Å². The van der Waals surface area contributed by atoms with Crippen LogP contribution in [0.3, 0.4) is 0 Å². The van der Waals surface area contributed by atoms with Gasteiger partial charge in [0.25, 0.3) is 5.91 Å². The molecule has 1 amide bonds. The highest BCUT2D eigenvalue weighted by Crippen LogP contribution is 2.24. The van der Waals surface area contributed by atoms with Gasteiger partial charge in [0.05, 0.1) is 6.42 Å². The maximum Gasteiger partial charge on any atom is 0.310 e. The van der Waals surface area contributed by atoms with Crippen LogP contribution >= 0.6 is 23.2 Å². The quantitative estimate of drug-likeness (QED) is 0.730. The van der Waals surface area contributed by atoms with Crippen molar-refractivity contribution in [3.63, 3.8) is 0 Å². The zero-order valence-electron chi connectivity index (χ0n) is 14.6. The van der Waals surface area contributed by atoms with Gasteiger partial charge >= 0.3 is 5.97 Å². The lowest BCUT2D eigenvalue weighted by Crippen LogP contribution is -2.28. The van der Waals surface area contributed by atoms with Gasteiger partial charge < -0.3 is 15.0 Å². The summed E-state index contributed by atoms with van der Waals surface area (Å²) in [5, 5.41) is 3.49. The number of carbonyl (C=O) groups is 2. The number of anilines is 1. The minimum Gasteiger partial charge on any atom is -0.455 e. The van der Waals surface area contributed by atoms with Crippen molar-refractivity contribution < 1.29 is 14.3 Å². The number of rotatable bonds is 7. The highest BCUT2D eigenvalue weighted by Gasteiger charge is 2.13. The summed E-state index contributed by atoms with van der Waals surface area (Å²) in [7, 11) is 3.92. The maximum atomic E-state index is 11.9. The van der Waals surface area contributed by atoms with E-state index in [1.165, 1.54) is 0 Å². The summed E-state index contributed by atoms with van der Waals surface area (Å²) < 4.78 is 4.98. The van der Waals surface area contributed by atoms with E-state index in [9.17, 15) is 9.59 Å². The Morgan fingerprint density at radius 1 is 1.04 bits per heavy atom. The fourth-order valence-electron chi connectivity index (χ4n) is 2.21. The Morgan fingerprint density at radius 3 is 2.23 bits per heavy atom. The Labute approximate surface area is 162 Å². The Morgan fingerprint density at radius 2 is 1.65 bits per heavy atom. The summed E-state index contributed by atoms with van der Waals surface area (Å²) in [6, 6.07) is 12.8. The van der Waals surface area contributed by atoms with Crippen LogP contribution in [0.15, 0.2) is 42.5 Å². The van der Waals surface area contributed by atoms with Gasteiger partial charge in [0, 0.05) is 41.9 Å². The fraction of sp³-hybridized carbons (Fsp3) is 0.263. The molecule has 0 unspecified atom stereocenters. The van der Waals surface area contributed by atoms with Crippen LogP contribution in [0.4, 0.5) is 5.69 Å². The Kier molecular flexibility index (Phi) is 7.30. The zero-order valence-corrected chi connectivity index (χ0v) is 16.1. The van der Waals surface area contributed by atoms with Crippen molar-refractivity contribution in [3.8, 4) is 0 Å². The minimum atomic E-state index is -0.564. The van der Waals surface area contributed by atoms with Crippen molar-refractivity contribution in [2.45, 2.75) is 13.0 Å². The second-order valence-electron chi connectivity index (χ2n) is 5.88. The van der Waals surface area contributed by atoms with Gasteiger partial charge in [-0.15, -0.1) is 0 Å². The van der Waals surface area contributed by atoms with Crippen LogP contribution in [0.25, 0.3) is 0 Å². The van der Waals surface area contributed by atoms with E-state index in [0.29, 0.717) is 22.2 Å². The average molecular weight is 395 g/mol. The maximum absolute atomic E-state index is 11.9. The molecular formula is C19H20Cl2N2O3. The summed E-state index contributed by atoms with van der Waals surface area (Å²) in [6.45, 7) is 0.0110. The van der Waals surface area contributed by atoms with E-state index >= 15 is 0 Å². The number of nitrogens with one attached hydrogen (secondary N) is 1. The first-order chi connectivity index (χ1) is 12.4. The number of hydrogen-bond donors (Lipinski definition) is 1. The highest BCUT2D eigenvalue weighted by molar-refractivity contribution is 6.36. The molecule has 0 fully saturated rings. The topological polar surface area (TPSA) is 58.6 Å². The van der Waals surface area contributed by atoms with Gasteiger partial charge in [-0.05, 0) is 29.8 Å². The number of nitrogens with zero attached hydrogens (tertiary/aromatic N) is 1. The molecule has 2 aromatic carbocycles. The Balaban J connectivity index is 1.77. The van der Waals surface area contributed by atoms with Crippen LogP contribution < -0.4 is 10.2 Å². The van der Waals surface area contributed by atoms with Crippen molar-refractivity contribution in [1.29, 1.82) is 0 Å². The standard InChI is InChI=1S/C19H20Cl2N2O3/c1-23(2)14-8-6-13(7-9-14)11-22-18(24)12-26-19(25)10-15-16(20)4-3-5-17(15)21/h3-9H,10-12H2,1-2H3,(H,22,24). The molecular weight excluding hydrogens is 375 g/mol. The van der Waals surface area contributed by atoms with E-state index in [2.05, 4.69) is 5.32 Å². The zero-order chi connectivity index (χ0) is 19.1. The smallest absolute Gasteiger partial charge is 0.310 e. The van der Waals surface area contributed by atoms with Crippen molar-refractivity contribution in [2.75, 3.05) is 25.6 Å². The number of amides is 1. The minimum absolute atomic E-state index is 0.0855. The number of esters is 1. The average Bonchev–Trinajstić information content (AvgIpc) is 2.61. The number of carbonyl (C=O) groups excluding carboxylic acids is 2. The summed E-state index contributed by atoms with van der Waals surface area (Å²) in [5.74, 6) is -0.939. The van der Waals surface area contributed by atoms with Gasteiger partial charge in [0.15, 0.2) is 6.61 Å². The molecule has 5 nitrogen and oxygen atoms in total. The van der Waals surface area contributed by atoms with Gasteiger partial charge in [-0.3, -0.25) is 9.59 Å². The van der Waals surface area contributed by atoms with Crippen LogP contribution in [0.1, 0.15) is 11.1 Å². The largest absolute Gasteiger partial charge is 0.455 e. The van der Waals surface area contributed by atoms with E-state index in [0.717, 1.165) is 11.3 Å². The summed E-state index contributed by atoms with van der Waals surface area (Å²) in [4.78, 5) is 25.7. The molecule has 0 saturated carbocycles. The van der Waals surface area contributed by atoms with Crippen molar-refractivity contribution in [1.82, 2.24) is 5.32 Å². The van der Waals surface area contributed by atoms with E-state index in [1.807, 2.05) is 43.3 Å². The van der Waals surface area contributed by atoms with E-state index in [-0.39, 0.29) is 18.9 Å². The molecule has 0 spiro atoms. The predicted molar refractivity (Wildman–Crippen MR) is 104 cm³/mol. The van der Waals surface area contributed by atoms with Gasteiger partial charge in [-0.25, -0.2) is 0 Å². The SMILES string of the molecule is CN(C)c1ccc(CNC(=O)COC(=O)Cc2c(Cl)cccc2Cl)cc1. The van der Waals surface area contributed by atoms with Gasteiger partial charge in [0.1, 0.15) is 0 Å². The van der Waals surface area contributed by atoms with Crippen LogP contribution in [0.5, 0.6) is 0 Å². The third-order valence-electron chi connectivity index (χ3n) is 3.69. The molecule has 0 aliphatic rings. The number of ether oxygens (including phenoxy) is 1. The molecule has 0 saturated heterocycles. The summed E-state index contributed by atoms with van der Waals surface area (Å²) >= 11 is 12.0. The lowest BCUT2D eigenvalue weighted by molar-refractivity contribution is -0.147. The lowest BCUT2D eigenvalue weighted by atomic mass is 10.1. The van der Waals surface area contributed by atoms with E-state index in [4.69, 9.17) is 27.9 Å². The first-order valence-corrected chi connectivity index (χ1v) is 8.74. The number of halogens is 2. The van der Waals surface area contributed by atoms with Crippen molar-refractivity contribution in [2.24, 2.45) is 0 Å². The Hall–Kier alpha value is -2.24. The molecule has 0 radical (unpaired) electrons. The van der Waals surface area contributed by atoms with Crippen LogP contribution in [-0.2, 0) is 27.3 Å². The first-order valence-electron chi connectivity index (χ1n) is 7.98. The Bertz CT molecular complexity index is 757. The van der Waals surface area contributed by atoms with Crippen LogP contribution in [-0.4, -0.2) is 32.6 Å². The predicted octanol–water partition coefficient (Wildman–Crippen LogP) is 3.46. The first kappa shape index (κ1) is 20.1. The molecule has 2 rings (SSSR count). The lowest BCUT2D eigenvalue weighted by Gasteiger charge is -2.13. The molecule has 0 aliphatic heterocycles. The highest BCUT2D eigenvalue weighted by atomic mass is 35.5. The molecule has 138 valence electrons. The summed E-state index contributed by atoms with van der Waals surface area (Å²) in [5.41, 5.74) is 2.52. The van der Waals surface area contributed by atoms with E-state index < -0.39 is 5.97 Å².